The zero-order valence-electron chi connectivity index (χ0n) is 12.2. The predicted molar refractivity (Wildman–Crippen MR) is 80.0 cm³/mol. The SMILES string of the molecule is CSCCN(C)Cc1ccc(CNC(C)(C)C)o1. The van der Waals surface area contributed by atoms with Gasteiger partial charge in [0.15, 0.2) is 0 Å². The van der Waals surface area contributed by atoms with Crippen LogP contribution in [0.5, 0.6) is 0 Å². The smallest absolute Gasteiger partial charge is 0.118 e. The van der Waals surface area contributed by atoms with E-state index in [4.69, 9.17) is 4.42 Å². The Morgan fingerprint density at radius 3 is 2.56 bits per heavy atom. The van der Waals surface area contributed by atoms with Crippen LogP contribution in [0.1, 0.15) is 32.3 Å². The maximum atomic E-state index is 5.82. The molecule has 1 aromatic heterocycles. The Bertz CT molecular complexity index is 344. The van der Waals surface area contributed by atoms with E-state index in [1.54, 1.807) is 0 Å². The second-order valence-electron chi connectivity index (χ2n) is 5.70. The molecule has 0 unspecified atom stereocenters. The standard InChI is InChI=1S/C14H26N2OS/c1-14(2,3)15-10-12-6-7-13(17-12)11-16(4)8-9-18-5/h6-7,15H,8-11H2,1-5H3. The van der Waals surface area contributed by atoms with Gasteiger partial charge in [-0.2, -0.15) is 11.8 Å². The molecule has 0 aliphatic carbocycles. The van der Waals surface area contributed by atoms with Gasteiger partial charge in [0.2, 0.25) is 0 Å². The minimum absolute atomic E-state index is 0.127. The Labute approximate surface area is 115 Å². The van der Waals surface area contributed by atoms with Gasteiger partial charge < -0.3 is 9.73 Å². The van der Waals surface area contributed by atoms with Crippen LogP contribution in [0.2, 0.25) is 0 Å². The van der Waals surface area contributed by atoms with Crippen molar-refractivity contribution in [3.8, 4) is 0 Å². The molecule has 1 aromatic rings. The lowest BCUT2D eigenvalue weighted by Gasteiger charge is -2.19. The Morgan fingerprint density at radius 1 is 1.28 bits per heavy atom. The van der Waals surface area contributed by atoms with E-state index in [9.17, 15) is 0 Å². The first-order valence-corrected chi connectivity index (χ1v) is 7.80. The number of furan rings is 1. The molecular weight excluding hydrogens is 244 g/mol. The molecule has 0 saturated carbocycles. The number of nitrogens with one attached hydrogen (secondary N) is 1. The Hall–Kier alpha value is -0.450. The zero-order chi connectivity index (χ0) is 13.6. The van der Waals surface area contributed by atoms with Gasteiger partial charge in [0.25, 0.3) is 0 Å². The van der Waals surface area contributed by atoms with Crippen molar-refractivity contribution in [1.82, 2.24) is 10.2 Å². The van der Waals surface area contributed by atoms with Crippen LogP contribution in [0.4, 0.5) is 0 Å². The highest BCUT2D eigenvalue weighted by Crippen LogP contribution is 2.11. The lowest BCUT2D eigenvalue weighted by Crippen LogP contribution is -2.34. The van der Waals surface area contributed by atoms with Crippen molar-refractivity contribution in [3.63, 3.8) is 0 Å². The second kappa shape index (κ2) is 7.22. The van der Waals surface area contributed by atoms with Crippen LogP contribution >= 0.6 is 11.8 Å². The first-order chi connectivity index (χ1) is 8.40. The lowest BCUT2D eigenvalue weighted by atomic mass is 10.1. The van der Waals surface area contributed by atoms with Crippen molar-refractivity contribution >= 4 is 11.8 Å². The van der Waals surface area contributed by atoms with Crippen molar-refractivity contribution in [2.24, 2.45) is 0 Å². The zero-order valence-corrected chi connectivity index (χ0v) is 13.1. The van der Waals surface area contributed by atoms with Gasteiger partial charge in [0.05, 0.1) is 13.1 Å². The van der Waals surface area contributed by atoms with E-state index in [2.05, 4.69) is 56.4 Å². The molecule has 0 amide bonds. The fraction of sp³-hybridized carbons (Fsp3) is 0.714. The van der Waals surface area contributed by atoms with Crippen LogP contribution in [-0.4, -0.2) is 36.0 Å². The van der Waals surface area contributed by atoms with Gasteiger partial charge in [-0.1, -0.05) is 0 Å². The normalized spacial score (nSPS) is 12.3. The van der Waals surface area contributed by atoms with E-state index in [-0.39, 0.29) is 5.54 Å². The lowest BCUT2D eigenvalue weighted by molar-refractivity contribution is 0.300. The number of hydrogen-bond donors (Lipinski definition) is 1. The molecule has 0 fully saturated rings. The molecule has 0 aliphatic heterocycles. The maximum absolute atomic E-state index is 5.82. The largest absolute Gasteiger partial charge is 0.463 e. The molecule has 1 heterocycles. The van der Waals surface area contributed by atoms with E-state index in [1.807, 2.05) is 11.8 Å². The quantitative estimate of drug-likeness (QED) is 0.824. The Balaban J connectivity index is 2.38. The summed E-state index contributed by atoms with van der Waals surface area (Å²) in [4.78, 5) is 2.29. The molecular formula is C14H26N2OS. The summed E-state index contributed by atoms with van der Waals surface area (Å²) < 4.78 is 5.82. The minimum atomic E-state index is 0.127. The van der Waals surface area contributed by atoms with E-state index in [0.29, 0.717) is 0 Å². The molecule has 3 nitrogen and oxygen atoms in total. The van der Waals surface area contributed by atoms with Crippen molar-refractivity contribution < 1.29 is 4.42 Å². The van der Waals surface area contributed by atoms with E-state index in [1.165, 1.54) is 0 Å². The van der Waals surface area contributed by atoms with Crippen molar-refractivity contribution in [2.45, 2.75) is 39.4 Å². The summed E-state index contributed by atoms with van der Waals surface area (Å²) in [5, 5.41) is 3.43. The average Bonchev–Trinajstić information content (AvgIpc) is 2.70. The van der Waals surface area contributed by atoms with Crippen molar-refractivity contribution in [1.29, 1.82) is 0 Å². The summed E-state index contributed by atoms with van der Waals surface area (Å²) in [6.07, 6.45) is 2.14. The molecule has 4 heteroatoms. The summed E-state index contributed by atoms with van der Waals surface area (Å²) in [6, 6.07) is 4.14. The van der Waals surface area contributed by atoms with Crippen molar-refractivity contribution in [3.05, 3.63) is 23.7 Å². The number of rotatable bonds is 7. The highest BCUT2D eigenvalue weighted by Gasteiger charge is 2.10. The van der Waals surface area contributed by atoms with Crippen molar-refractivity contribution in [2.75, 3.05) is 25.6 Å². The summed E-state index contributed by atoms with van der Waals surface area (Å²) >= 11 is 1.87. The summed E-state index contributed by atoms with van der Waals surface area (Å²) in [5.74, 6) is 3.22. The van der Waals surface area contributed by atoms with Gasteiger partial charge >= 0.3 is 0 Å². The highest BCUT2D eigenvalue weighted by molar-refractivity contribution is 7.98. The summed E-state index contributed by atoms with van der Waals surface area (Å²) in [6.45, 7) is 9.25. The van der Waals surface area contributed by atoms with Gasteiger partial charge in [-0.3, -0.25) is 4.90 Å². The second-order valence-corrected chi connectivity index (χ2v) is 6.69. The number of nitrogens with zero attached hydrogens (tertiary/aromatic N) is 1. The molecule has 0 spiro atoms. The van der Waals surface area contributed by atoms with E-state index in [0.717, 1.165) is 36.9 Å². The van der Waals surface area contributed by atoms with E-state index < -0.39 is 0 Å². The molecule has 1 N–H and O–H groups in total. The van der Waals surface area contributed by atoms with Crippen LogP contribution in [0.25, 0.3) is 0 Å². The third kappa shape index (κ3) is 6.47. The van der Waals surface area contributed by atoms with Crippen LogP contribution < -0.4 is 5.32 Å². The highest BCUT2D eigenvalue weighted by atomic mass is 32.2. The predicted octanol–water partition coefficient (Wildman–Crippen LogP) is 2.96. The summed E-state index contributed by atoms with van der Waals surface area (Å²) in [5.41, 5.74) is 0.127. The third-order valence-corrected chi connectivity index (χ3v) is 3.20. The van der Waals surface area contributed by atoms with Crippen LogP contribution in [0.15, 0.2) is 16.5 Å². The van der Waals surface area contributed by atoms with Gasteiger partial charge in [0.1, 0.15) is 11.5 Å². The third-order valence-electron chi connectivity index (χ3n) is 2.61. The average molecular weight is 270 g/mol. The fourth-order valence-corrected chi connectivity index (χ4v) is 2.04. The molecule has 104 valence electrons. The minimum Gasteiger partial charge on any atom is -0.463 e. The van der Waals surface area contributed by atoms with Gasteiger partial charge in [-0.05, 0) is 46.2 Å². The molecule has 0 atom stereocenters. The van der Waals surface area contributed by atoms with Crippen LogP contribution in [0, 0.1) is 0 Å². The molecule has 0 saturated heterocycles. The number of hydrogen-bond acceptors (Lipinski definition) is 4. The fourth-order valence-electron chi connectivity index (χ4n) is 1.55. The molecule has 1 rings (SSSR count). The monoisotopic (exact) mass is 270 g/mol. The van der Waals surface area contributed by atoms with Crippen LogP contribution in [0.3, 0.4) is 0 Å². The first-order valence-electron chi connectivity index (χ1n) is 6.41. The Kier molecular flexibility index (Phi) is 6.26. The topological polar surface area (TPSA) is 28.4 Å². The van der Waals surface area contributed by atoms with Gasteiger partial charge in [-0.15, -0.1) is 0 Å². The molecule has 0 aromatic carbocycles. The number of thioether (sulfide) groups is 1. The van der Waals surface area contributed by atoms with E-state index >= 15 is 0 Å². The van der Waals surface area contributed by atoms with Gasteiger partial charge in [0, 0.05) is 17.8 Å². The first kappa shape index (κ1) is 15.6. The summed E-state index contributed by atoms with van der Waals surface area (Å²) in [7, 11) is 2.13. The molecule has 0 bridgehead atoms. The molecule has 0 radical (unpaired) electrons. The van der Waals surface area contributed by atoms with Gasteiger partial charge in [-0.25, -0.2) is 0 Å². The Morgan fingerprint density at radius 2 is 1.94 bits per heavy atom. The molecule has 0 aliphatic rings. The van der Waals surface area contributed by atoms with Crippen LogP contribution in [-0.2, 0) is 13.1 Å². The molecule has 18 heavy (non-hydrogen) atoms. The maximum Gasteiger partial charge on any atom is 0.118 e.